The van der Waals surface area contributed by atoms with E-state index in [1.807, 2.05) is 0 Å². The summed E-state index contributed by atoms with van der Waals surface area (Å²) >= 11 is 0. The Morgan fingerprint density at radius 1 is 1.06 bits per heavy atom. The maximum atomic E-state index is 11.6. The Balaban J connectivity index is 3.81. The predicted octanol–water partition coefficient (Wildman–Crippen LogP) is 4.53. The summed E-state index contributed by atoms with van der Waals surface area (Å²) in [5.74, 6) is 0.352. The summed E-state index contributed by atoms with van der Waals surface area (Å²) in [6.07, 6.45) is 7.16. The van der Waals surface area contributed by atoms with Crippen LogP contribution >= 0.6 is 7.82 Å². The summed E-state index contributed by atoms with van der Waals surface area (Å²) in [5.41, 5.74) is 0. The molecule has 0 radical (unpaired) electrons. The van der Waals surface area contributed by atoms with Crippen LogP contribution in [-0.2, 0) is 13.6 Å². The molecule has 0 aliphatic carbocycles. The van der Waals surface area contributed by atoms with Gasteiger partial charge in [0.05, 0.1) is 13.2 Å². The minimum atomic E-state index is -3.83. The van der Waals surface area contributed by atoms with E-state index in [4.69, 9.17) is 9.05 Å². The van der Waals surface area contributed by atoms with Crippen molar-refractivity contribution in [1.29, 1.82) is 0 Å². The largest absolute Gasteiger partial charge is 0.472 e. The van der Waals surface area contributed by atoms with E-state index in [0.717, 1.165) is 44.9 Å². The molecule has 0 fully saturated rings. The lowest BCUT2D eigenvalue weighted by Crippen LogP contribution is -2.09. The van der Waals surface area contributed by atoms with Crippen LogP contribution in [0.5, 0.6) is 0 Å². The van der Waals surface area contributed by atoms with Gasteiger partial charge in [-0.3, -0.25) is 9.05 Å². The van der Waals surface area contributed by atoms with Gasteiger partial charge in [-0.25, -0.2) is 4.57 Å². The van der Waals surface area contributed by atoms with Gasteiger partial charge in [-0.15, -0.1) is 0 Å². The van der Waals surface area contributed by atoms with E-state index in [2.05, 4.69) is 20.8 Å². The zero-order chi connectivity index (χ0) is 13.9. The first-order valence-electron chi connectivity index (χ1n) is 7.17. The summed E-state index contributed by atoms with van der Waals surface area (Å²) in [7, 11) is -3.83. The normalized spacial score (nSPS) is 16.4. The van der Waals surface area contributed by atoms with Gasteiger partial charge in [0.2, 0.25) is 0 Å². The summed E-state index contributed by atoms with van der Waals surface area (Å²) in [4.78, 5) is 9.49. The fourth-order valence-electron chi connectivity index (χ4n) is 1.67. The molecule has 1 N–H and O–H groups in total. The Labute approximate surface area is 112 Å². The average molecular weight is 280 g/mol. The molecule has 0 amide bonds. The number of phosphoric acid groups is 1. The molecule has 0 aliphatic rings. The molecule has 2 unspecified atom stereocenters. The zero-order valence-corrected chi connectivity index (χ0v) is 13.0. The molecule has 0 aromatic rings. The lowest BCUT2D eigenvalue weighted by Gasteiger charge is -2.17. The van der Waals surface area contributed by atoms with Crippen LogP contribution in [0.4, 0.5) is 0 Å². The van der Waals surface area contributed by atoms with Crippen molar-refractivity contribution >= 4 is 7.82 Å². The number of hydrogen-bond acceptors (Lipinski definition) is 3. The van der Waals surface area contributed by atoms with Crippen LogP contribution in [0.3, 0.4) is 0 Å². The first-order chi connectivity index (χ1) is 8.55. The molecule has 0 aromatic heterocycles. The quantitative estimate of drug-likeness (QED) is 0.421. The topological polar surface area (TPSA) is 55.8 Å². The predicted molar refractivity (Wildman–Crippen MR) is 74.6 cm³/mol. The van der Waals surface area contributed by atoms with Gasteiger partial charge < -0.3 is 4.89 Å². The van der Waals surface area contributed by atoms with E-state index in [9.17, 15) is 9.46 Å². The van der Waals surface area contributed by atoms with Crippen LogP contribution in [0.15, 0.2) is 0 Å². The van der Waals surface area contributed by atoms with Crippen molar-refractivity contribution in [2.75, 3.05) is 13.2 Å². The molecule has 0 aliphatic heterocycles. The standard InChI is InChI=1S/C13H29O4P/c1-4-7-9-11-16-18(14,15)17-12-13(6-3)10-8-5-2/h13H,4-12H2,1-3H3,(H,14,15). The molecular weight excluding hydrogens is 251 g/mol. The van der Waals surface area contributed by atoms with Crippen LogP contribution in [0.2, 0.25) is 0 Å². The molecule has 0 bridgehead atoms. The van der Waals surface area contributed by atoms with Crippen LogP contribution in [0.25, 0.3) is 0 Å². The number of phosphoric ester groups is 1. The number of rotatable bonds is 12. The van der Waals surface area contributed by atoms with Crippen molar-refractivity contribution < 1.29 is 18.5 Å². The molecule has 0 spiro atoms. The SMILES string of the molecule is CCCCCOP(=O)(O)OCC(CC)CCCC. The van der Waals surface area contributed by atoms with Gasteiger partial charge in [0.25, 0.3) is 0 Å². The molecule has 0 rings (SSSR count). The van der Waals surface area contributed by atoms with Crippen molar-refractivity contribution in [2.45, 2.75) is 65.7 Å². The fourth-order valence-corrected chi connectivity index (χ4v) is 2.50. The highest BCUT2D eigenvalue weighted by Gasteiger charge is 2.22. The first kappa shape index (κ1) is 18.1. The van der Waals surface area contributed by atoms with Gasteiger partial charge in [-0.2, -0.15) is 0 Å². The third-order valence-corrected chi connectivity index (χ3v) is 4.00. The molecule has 0 aromatic carbocycles. The van der Waals surface area contributed by atoms with Crippen molar-refractivity contribution in [2.24, 2.45) is 5.92 Å². The second kappa shape index (κ2) is 11.0. The molecule has 0 heterocycles. The van der Waals surface area contributed by atoms with Crippen LogP contribution in [-0.4, -0.2) is 18.1 Å². The van der Waals surface area contributed by atoms with Gasteiger partial charge in [-0.05, 0) is 18.8 Å². The van der Waals surface area contributed by atoms with E-state index in [1.165, 1.54) is 0 Å². The van der Waals surface area contributed by atoms with Crippen molar-refractivity contribution in [3.05, 3.63) is 0 Å². The lowest BCUT2D eigenvalue weighted by atomic mass is 10.0. The first-order valence-corrected chi connectivity index (χ1v) is 8.67. The minimum Gasteiger partial charge on any atom is -0.302 e. The smallest absolute Gasteiger partial charge is 0.302 e. The third kappa shape index (κ3) is 10.1. The van der Waals surface area contributed by atoms with Crippen molar-refractivity contribution in [3.8, 4) is 0 Å². The highest BCUT2D eigenvalue weighted by atomic mass is 31.2. The van der Waals surface area contributed by atoms with Crippen LogP contribution in [0.1, 0.15) is 65.7 Å². The third-order valence-electron chi connectivity index (χ3n) is 3.02. The van der Waals surface area contributed by atoms with Gasteiger partial charge in [0.1, 0.15) is 0 Å². The minimum absolute atomic E-state index is 0.299. The highest BCUT2D eigenvalue weighted by molar-refractivity contribution is 7.47. The highest BCUT2D eigenvalue weighted by Crippen LogP contribution is 2.44. The molecule has 0 saturated heterocycles. The van der Waals surface area contributed by atoms with Crippen LogP contribution < -0.4 is 0 Å². The Morgan fingerprint density at radius 3 is 2.28 bits per heavy atom. The second-order valence-electron chi connectivity index (χ2n) is 4.72. The van der Waals surface area contributed by atoms with Crippen molar-refractivity contribution in [1.82, 2.24) is 0 Å². The Bertz CT molecular complexity index is 233. The summed E-state index contributed by atoms with van der Waals surface area (Å²) in [6, 6.07) is 0. The lowest BCUT2D eigenvalue weighted by molar-refractivity contribution is 0.125. The van der Waals surface area contributed by atoms with E-state index in [1.54, 1.807) is 0 Å². The van der Waals surface area contributed by atoms with Gasteiger partial charge in [0, 0.05) is 0 Å². The second-order valence-corrected chi connectivity index (χ2v) is 6.17. The van der Waals surface area contributed by atoms with E-state index in [0.29, 0.717) is 19.1 Å². The van der Waals surface area contributed by atoms with Crippen LogP contribution in [0, 0.1) is 5.92 Å². The fraction of sp³-hybridized carbons (Fsp3) is 1.00. The Kier molecular flexibility index (Phi) is 11.0. The van der Waals surface area contributed by atoms with Gasteiger partial charge in [0.15, 0.2) is 0 Å². The maximum absolute atomic E-state index is 11.6. The zero-order valence-electron chi connectivity index (χ0n) is 12.1. The Hall–Kier alpha value is 0.110. The monoisotopic (exact) mass is 280 g/mol. The number of hydrogen-bond donors (Lipinski definition) is 1. The molecule has 4 nitrogen and oxygen atoms in total. The molecule has 110 valence electrons. The van der Waals surface area contributed by atoms with E-state index >= 15 is 0 Å². The molecular formula is C13H29O4P. The average Bonchev–Trinajstić information content (AvgIpc) is 2.35. The molecule has 5 heteroatoms. The molecule has 18 heavy (non-hydrogen) atoms. The maximum Gasteiger partial charge on any atom is 0.472 e. The summed E-state index contributed by atoms with van der Waals surface area (Å²) < 4.78 is 21.6. The summed E-state index contributed by atoms with van der Waals surface area (Å²) in [5, 5.41) is 0. The number of unbranched alkanes of at least 4 members (excludes halogenated alkanes) is 3. The summed E-state index contributed by atoms with van der Waals surface area (Å²) in [6.45, 7) is 6.91. The Morgan fingerprint density at radius 2 is 1.72 bits per heavy atom. The van der Waals surface area contributed by atoms with E-state index < -0.39 is 7.82 Å². The van der Waals surface area contributed by atoms with Gasteiger partial charge >= 0.3 is 7.82 Å². The molecule has 0 saturated carbocycles. The molecule has 2 atom stereocenters. The van der Waals surface area contributed by atoms with E-state index in [-0.39, 0.29) is 0 Å². The van der Waals surface area contributed by atoms with Crippen molar-refractivity contribution in [3.63, 3.8) is 0 Å². The van der Waals surface area contributed by atoms with Gasteiger partial charge in [-0.1, -0.05) is 52.9 Å².